The quantitative estimate of drug-likeness (QED) is 0.311. The number of benzene rings is 2. The molecule has 0 fully saturated rings. The molecule has 2 aromatic carbocycles. The molecule has 0 N–H and O–H groups in total. The Morgan fingerprint density at radius 2 is 1.83 bits per heavy atom. The third kappa shape index (κ3) is 4.00. The van der Waals surface area contributed by atoms with E-state index in [-0.39, 0.29) is 17.0 Å². The molecule has 4 nitrogen and oxygen atoms in total. The van der Waals surface area contributed by atoms with E-state index in [4.69, 9.17) is 9.47 Å². The third-order valence-electron chi connectivity index (χ3n) is 4.66. The van der Waals surface area contributed by atoms with Gasteiger partial charge in [0.2, 0.25) is 5.78 Å². The van der Waals surface area contributed by atoms with Gasteiger partial charge in [-0.15, -0.1) is 11.3 Å². The van der Waals surface area contributed by atoms with E-state index in [0.29, 0.717) is 22.6 Å². The number of fused-ring (bicyclic) bond motifs is 1. The van der Waals surface area contributed by atoms with Gasteiger partial charge in [-0.2, -0.15) is 0 Å². The fourth-order valence-electron chi connectivity index (χ4n) is 3.01. The van der Waals surface area contributed by atoms with Gasteiger partial charge in [0.25, 0.3) is 0 Å². The van der Waals surface area contributed by atoms with Crippen molar-refractivity contribution in [1.82, 2.24) is 0 Å². The molecule has 3 aromatic rings. The highest BCUT2D eigenvalue weighted by molar-refractivity contribution is 7.10. The van der Waals surface area contributed by atoms with Crippen molar-refractivity contribution in [1.29, 1.82) is 0 Å². The number of ketones is 1. The van der Waals surface area contributed by atoms with Gasteiger partial charge >= 0.3 is 5.97 Å². The predicted octanol–water partition coefficient (Wildman–Crippen LogP) is 5.88. The summed E-state index contributed by atoms with van der Waals surface area (Å²) in [6, 6.07) is 16.0. The minimum atomic E-state index is -0.455. The van der Waals surface area contributed by atoms with E-state index in [1.807, 2.05) is 29.6 Å². The van der Waals surface area contributed by atoms with Crippen LogP contribution in [0.5, 0.6) is 11.5 Å². The molecule has 5 heteroatoms. The molecule has 0 spiro atoms. The lowest BCUT2D eigenvalue weighted by atomic mass is 9.87. The molecule has 0 unspecified atom stereocenters. The van der Waals surface area contributed by atoms with Gasteiger partial charge in [0, 0.05) is 17.0 Å². The molecule has 1 aromatic heterocycles. The van der Waals surface area contributed by atoms with Crippen LogP contribution >= 0.6 is 11.3 Å². The maximum absolute atomic E-state index is 12.5. The summed E-state index contributed by atoms with van der Waals surface area (Å²) >= 11 is 1.52. The van der Waals surface area contributed by atoms with Crippen LogP contribution in [0.25, 0.3) is 6.08 Å². The van der Waals surface area contributed by atoms with Crippen LogP contribution in [0.4, 0.5) is 0 Å². The average Bonchev–Trinajstić information content (AvgIpc) is 3.30. The summed E-state index contributed by atoms with van der Waals surface area (Å²) in [6.07, 6.45) is 1.72. The van der Waals surface area contributed by atoms with Gasteiger partial charge in [-0.3, -0.25) is 4.79 Å². The second kappa shape index (κ2) is 7.33. The van der Waals surface area contributed by atoms with Crippen LogP contribution in [0.1, 0.15) is 51.9 Å². The zero-order valence-corrected chi connectivity index (χ0v) is 17.2. The molecule has 0 amide bonds. The topological polar surface area (TPSA) is 52.6 Å². The van der Waals surface area contributed by atoms with Gasteiger partial charge in [-0.05, 0) is 46.7 Å². The highest BCUT2D eigenvalue weighted by Gasteiger charge is 2.28. The summed E-state index contributed by atoms with van der Waals surface area (Å²) < 4.78 is 11.2. The normalized spacial score (nSPS) is 14.6. The Balaban J connectivity index is 1.51. The van der Waals surface area contributed by atoms with Crippen molar-refractivity contribution in [2.45, 2.75) is 26.2 Å². The molecular weight excluding hydrogens is 384 g/mol. The second-order valence-corrected chi connectivity index (χ2v) is 8.81. The number of thiophene rings is 1. The van der Waals surface area contributed by atoms with E-state index in [2.05, 4.69) is 20.8 Å². The molecule has 29 heavy (non-hydrogen) atoms. The van der Waals surface area contributed by atoms with Crippen LogP contribution in [0.3, 0.4) is 0 Å². The Morgan fingerprint density at radius 1 is 1.07 bits per heavy atom. The van der Waals surface area contributed by atoms with Gasteiger partial charge in [0.05, 0.1) is 11.1 Å². The highest BCUT2D eigenvalue weighted by Crippen LogP contribution is 2.35. The van der Waals surface area contributed by atoms with E-state index >= 15 is 0 Å². The zero-order chi connectivity index (χ0) is 20.6. The van der Waals surface area contributed by atoms with Crippen molar-refractivity contribution in [3.63, 3.8) is 0 Å². The molecule has 0 saturated carbocycles. The third-order valence-corrected chi connectivity index (χ3v) is 5.47. The molecule has 1 aliphatic heterocycles. The first-order chi connectivity index (χ1) is 13.8. The molecule has 1 aliphatic rings. The Morgan fingerprint density at radius 3 is 2.48 bits per heavy atom. The summed E-state index contributed by atoms with van der Waals surface area (Å²) in [5, 5.41) is 1.94. The summed E-state index contributed by atoms with van der Waals surface area (Å²) in [4.78, 5) is 25.9. The van der Waals surface area contributed by atoms with E-state index in [0.717, 1.165) is 10.4 Å². The SMILES string of the molecule is CC(C)(C)c1ccc(C(=O)Oc2ccc3c(c2)OC(=Cc2cccs2)C3=O)cc1. The van der Waals surface area contributed by atoms with Crippen LogP contribution in [-0.2, 0) is 5.41 Å². The fourth-order valence-corrected chi connectivity index (χ4v) is 3.65. The first kappa shape index (κ1) is 19.2. The predicted molar refractivity (Wildman–Crippen MR) is 114 cm³/mol. The number of esters is 1. The van der Waals surface area contributed by atoms with Crippen LogP contribution in [0.2, 0.25) is 0 Å². The lowest BCUT2D eigenvalue weighted by Gasteiger charge is -2.18. The summed E-state index contributed by atoms with van der Waals surface area (Å²) in [5.74, 6) is 0.363. The number of carbonyl (C=O) groups excluding carboxylic acids is 2. The number of hydrogen-bond donors (Lipinski definition) is 0. The molecular formula is C24H20O4S. The van der Waals surface area contributed by atoms with Gasteiger partial charge in [0.15, 0.2) is 5.76 Å². The maximum Gasteiger partial charge on any atom is 0.343 e. The maximum atomic E-state index is 12.5. The molecule has 0 atom stereocenters. The first-order valence-corrected chi connectivity index (χ1v) is 10.1. The van der Waals surface area contributed by atoms with E-state index in [1.165, 1.54) is 11.3 Å². The lowest BCUT2D eigenvalue weighted by Crippen LogP contribution is -2.12. The van der Waals surface area contributed by atoms with Crippen molar-refractivity contribution in [3.05, 3.63) is 87.3 Å². The summed E-state index contributed by atoms with van der Waals surface area (Å²) in [7, 11) is 0. The minimum Gasteiger partial charge on any atom is -0.452 e. The van der Waals surface area contributed by atoms with Crippen molar-refractivity contribution >= 4 is 29.2 Å². The number of rotatable bonds is 3. The minimum absolute atomic E-state index is 0.0145. The average molecular weight is 404 g/mol. The van der Waals surface area contributed by atoms with Crippen LogP contribution in [0.15, 0.2) is 65.7 Å². The number of ether oxygens (including phenoxy) is 2. The number of Topliss-reactive ketones (excluding diaryl/α,β-unsaturated/α-hetero) is 1. The fraction of sp³-hybridized carbons (Fsp3) is 0.167. The highest BCUT2D eigenvalue weighted by atomic mass is 32.1. The van der Waals surface area contributed by atoms with Crippen LogP contribution < -0.4 is 9.47 Å². The number of hydrogen-bond acceptors (Lipinski definition) is 5. The molecule has 4 rings (SSSR count). The van der Waals surface area contributed by atoms with Crippen molar-refractivity contribution < 1.29 is 19.1 Å². The Kier molecular flexibility index (Phi) is 4.84. The van der Waals surface area contributed by atoms with E-state index in [9.17, 15) is 9.59 Å². The summed E-state index contributed by atoms with van der Waals surface area (Å²) in [5.41, 5.74) is 2.08. The van der Waals surface area contributed by atoms with Crippen LogP contribution in [-0.4, -0.2) is 11.8 Å². The molecule has 0 aliphatic carbocycles. The Bertz CT molecular complexity index is 1100. The van der Waals surface area contributed by atoms with Crippen LogP contribution in [0, 0.1) is 0 Å². The Labute approximate surface area is 173 Å². The molecule has 146 valence electrons. The van der Waals surface area contributed by atoms with Gasteiger partial charge < -0.3 is 9.47 Å². The molecule has 0 bridgehead atoms. The smallest absolute Gasteiger partial charge is 0.343 e. The molecule has 0 radical (unpaired) electrons. The largest absolute Gasteiger partial charge is 0.452 e. The van der Waals surface area contributed by atoms with Gasteiger partial charge in [-0.25, -0.2) is 4.79 Å². The summed E-state index contributed by atoms with van der Waals surface area (Å²) in [6.45, 7) is 6.36. The van der Waals surface area contributed by atoms with E-state index < -0.39 is 5.97 Å². The molecule has 0 saturated heterocycles. The first-order valence-electron chi connectivity index (χ1n) is 9.26. The van der Waals surface area contributed by atoms with Crippen molar-refractivity contribution in [2.75, 3.05) is 0 Å². The van der Waals surface area contributed by atoms with Gasteiger partial charge in [-0.1, -0.05) is 39.0 Å². The lowest BCUT2D eigenvalue weighted by molar-refractivity contribution is 0.0734. The Hall–Kier alpha value is -3.18. The second-order valence-electron chi connectivity index (χ2n) is 7.83. The van der Waals surface area contributed by atoms with Crippen molar-refractivity contribution in [3.8, 4) is 11.5 Å². The number of carbonyl (C=O) groups is 2. The molecule has 2 heterocycles. The van der Waals surface area contributed by atoms with E-state index in [1.54, 1.807) is 36.4 Å². The number of allylic oxidation sites excluding steroid dienone is 1. The van der Waals surface area contributed by atoms with Gasteiger partial charge in [0.1, 0.15) is 11.5 Å². The standard InChI is InChI=1S/C24H20O4S/c1-24(2,3)16-8-6-15(7-9-16)23(26)27-17-10-11-19-20(13-17)28-21(22(19)25)14-18-5-4-12-29-18/h4-14H,1-3H3. The zero-order valence-electron chi connectivity index (χ0n) is 16.4. The monoisotopic (exact) mass is 404 g/mol. The van der Waals surface area contributed by atoms with Crippen molar-refractivity contribution in [2.24, 2.45) is 0 Å².